The highest BCUT2D eigenvalue weighted by atomic mass is 16.5. The van der Waals surface area contributed by atoms with Crippen molar-refractivity contribution in [1.82, 2.24) is 0 Å². The molecule has 3 aliphatic carbocycles. The van der Waals surface area contributed by atoms with E-state index in [1.807, 2.05) is 65.0 Å². The number of hydrogen-bond donors (Lipinski definition) is 4. The lowest BCUT2D eigenvalue weighted by Crippen LogP contribution is -2.69. The third kappa shape index (κ3) is 6.11. The minimum Gasteiger partial charge on any atom is -0.508 e. The van der Waals surface area contributed by atoms with Crippen molar-refractivity contribution in [2.75, 3.05) is 0 Å². The van der Waals surface area contributed by atoms with Crippen LogP contribution in [0.4, 0.5) is 0 Å². The molecule has 9 nitrogen and oxygen atoms in total. The zero-order chi connectivity index (χ0) is 38.2. The van der Waals surface area contributed by atoms with Crippen molar-refractivity contribution in [3.05, 3.63) is 75.1 Å². The van der Waals surface area contributed by atoms with Crippen LogP contribution in [0.5, 0.6) is 11.5 Å². The molecular weight excluding hydrogens is 648 g/mol. The molecule has 2 aromatic rings. The normalized spacial score (nSPS) is 26.3. The van der Waals surface area contributed by atoms with Gasteiger partial charge in [-0.2, -0.15) is 0 Å². The van der Waals surface area contributed by atoms with Crippen LogP contribution in [0.3, 0.4) is 0 Å². The summed E-state index contributed by atoms with van der Waals surface area (Å²) in [6.45, 7) is 17.9. The Kier molecular flexibility index (Phi) is 9.51. The van der Waals surface area contributed by atoms with Gasteiger partial charge >= 0.3 is 0 Å². The summed E-state index contributed by atoms with van der Waals surface area (Å²) in [7, 11) is 0. The van der Waals surface area contributed by atoms with Gasteiger partial charge in [-0.1, -0.05) is 59.7 Å². The number of carbonyl (C=O) groups is 4. The molecule has 0 bridgehead atoms. The van der Waals surface area contributed by atoms with Gasteiger partial charge in [0.2, 0.25) is 5.78 Å². The van der Waals surface area contributed by atoms with Crippen LogP contribution in [0, 0.1) is 22.7 Å². The summed E-state index contributed by atoms with van der Waals surface area (Å²) in [6.07, 6.45) is 0.729. The first kappa shape index (κ1) is 38.0. The fourth-order valence-electron chi connectivity index (χ4n) is 9.20. The fraction of sp³-hybridized carbons (Fsp3) is 0.524. The molecule has 4 atom stereocenters. The summed E-state index contributed by atoms with van der Waals surface area (Å²) in [5.74, 6) is -4.91. The number of phenolic OH excluding ortho intramolecular Hbond substituents is 1. The van der Waals surface area contributed by atoms with Gasteiger partial charge in [-0.15, -0.1) is 0 Å². The van der Waals surface area contributed by atoms with Gasteiger partial charge in [0, 0.05) is 35.2 Å². The number of hydrogen-bond acceptors (Lipinski definition) is 9. The molecule has 0 aromatic heterocycles. The zero-order valence-electron chi connectivity index (χ0n) is 31.5. The molecule has 0 spiro atoms. The summed E-state index contributed by atoms with van der Waals surface area (Å²) in [5, 5.41) is 47.5. The molecule has 0 amide bonds. The standard InChI is InChI=1S/C42H52O9/c1-21(2)28-18-25(13-14-26(44)17-24-11-15-27(16-12-24)51-39(6,7)8)34(45)31-29(28)19-40(9)20-41(10)32(22(3)4)35(46)30(23(5)43)37(48)42(41,50)38(49)33(40)36(31)47/h11-12,15-16,18,21-22,32,45,47-48,50H,13-14,17,19-20H2,1-10H3/t32?,40-,41-,42+/m1/s1. The van der Waals surface area contributed by atoms with Crippen molar-refractivity contribution in [3.8, 4) is 11.5 Å². The minimum atomic E-state index is -2.67. The summed E-state index contributed by atoms with van der Waals surface area (Å²) in [6, 6.07) is 9.23. The molecule has 4 N–H and O–H groups in total. The van der Waals surface area contributed by atoms with Gasteiger partial charge in [0.05, 0.1) is 5.56 Å². The van der Waals surface area contributed by atoms with Gasteiger partial charge in [0.15, 0.2) is 17.2 Å². The molecular formula is C42H52O9. The number of aryl methyl sites for hydroxylation is 1. The lowest BCUT2D eigenvalue weighted by Gasteiger charge is -2.60. The smallest absolute Gasteiger partial charge is 0.203 e. The zero-order valence-corrected chi connectivity index (χ0v) is 31.5. The molecule has 9 heteroatoms. The van der Waals surface area contributed by atoms with Crippen LogP contribution in [0.2, 0.25) is 0 Å². The number of aromatic hydroxyl groups is 1. The quantitative estimate of drug-likeness (QED) is 0.198. The lowest BCUT2D eigenvalue weighted by atomic mass is 9.43. The molecule has 1 saturated carbocycles. The van der Waals surface area contributed by atoms with Crippen molar-refractivity contribution in [2.24, 2.45) is 22.7 Å². The van der Waals surface area contributed by atoms with E-state index in [-0.39, 0.29) is 66.3 Å². The second-order valence-corrected chi connectivity index (χ2v) is 17.0. The predicted molar refractivity (Wildman–Crippen MR) is 194 cm³/mol. The van der Waals surface area contributed by atoms with E-state index >= 15 is 0 Å². The molecule has 2 aromatic carbocycles. The maximum absolute atomic E-state index is 14.7. The van der Waals surface area contributed by atoms with E-state index in [0.717, 1.165) is 18.1 Å². The van der Waals surface area contributed by atoms with Crippen LogP contribution in [-0.4, -0.2) is 54.8 Å². The first-order chi connectivity index (χ1) is 23.5. The minimum absolute atomic E-state index is 0.0305. The number of aliphatic hydroxyl groups excluding tert-OH is 2. The van der Waals surface area contributed by atoms with Crippen molar-refractivity contribution < 1.29 is 44.3 Å². The van der Waals surface area contributed by atoms with Gasteiger partial charge < -0.3 is 25.2 Å². The van der Waals surface area contributed by atoms with Crippen LogP contribution in [0.25, 0.3) is 5.76 Å². The maximum Gasteiger partial charge on any atom is 0.203 e. The Labute approximate surface area is 300 Å². The van der Waals surface area contributed by atoms with E-state index in [1.165, 1.54) is 0 Å². The lowest BCUT2D eigenvalue weighted by molar-refractivity contribution is -0.178. The van der Waals surface area contributed by atoms with Crippen LogP contribution in [0.1, 0.15) is 116 Å². The number of benzene rings is 2. The highest BCUT2D eigenvalue weighted by Gasteiger charge is 2.72. The molecule has 1 unspecified atom stereocenters. The Hall–Kier alpha value is -4.24. The Morgan fingerprint density at radius 1 is 1.00 bits per heavy atom. The van der Waals surface area contributed by atoms with Crippen molar-refractivity contribution in [2.45, 2.75) is 118 Å². The van der Waals surface area contributed by atoms with Crippen LogP contribution < -0.4 is 4.74 Å². The largest absolute Gasteiger partial charge is 0.508 e. The van der Waals surface area contributed by atoms with E-state index < -0.39 is 62.7 Å². The number of aliphatic hydroxyl groups is 3. The van der Waals surface area contributed by atoms with Crippen LogP contribution in [-0.2, 0) is 38.4 Å². The highest BCUT2D eigenvalue weighted by molar-refractivity contribution is 6.24. The van der Waals surface area contributed by atoms with Crippen LogP contribution in [0.15, 0.2) is 47.2 Å². The third-order valence-electron chi connectivity index (χ3n) is 11.2. The van der Waals surface area contributed by atoms with E-state index in [1.54, 1.807) is 27.7 Å². The van der Waals surface area contributed by atoms with E-state index in [4.69, 9.17) is 4.74 Å². The first-order valence-corrected chi connectivity index (χ1v) is 17.9. The molecule has 5 rings (SSSR count). The Morgan fingerprint density at radius 2 is 1.61 bits per heavy atom. The first-order valence-electron chi connectivity index (χ1n) is 17.9. The van der Waals surface area contributed by atoms with Crippen LogP contribution >= 0.6 is 0 Å². The molecule has 0 aliphatic heterocycles. The summed E-state index contributed by atoms with van der Waals surface area (Å²) >= 11 is 0. The molecule has 51 heavy (non-hydrogen) atoms. The Bertz CT molecular complexity index is 1890. The highest BCUT2D eigenvalue weighted by Crippen LogP contribution is 2.65. The average Bonchev–Trinajstić information content (AvgIpc) is 2.98. The Balaban J connectivity index is 1.55. The number of Topliss-reactive ketones (excluding diaryl/α,β-unsaturated/α-hetero) is 4. The van der Waals surface area contributed by atoms with E-state index in [2.05, 4.69) is 0 Å². The van der Waals surface area contributed by atoms with Gasteiger partial charge in [-0.25, -0.2) is 0 Å². The molecule has 1 fully saturated rings. The number of fused-ring (bicyclic) bond motifs is 3. The molecule has 0 saturated heterocycles. The second kappa shape index (κ2) is 12.8. The molecule has 0 heterocycles. The summed E-state index contributed by atoms with van der Waals surface area (Å²) in [4.78, 5) is 54.2. The topological polar surface area (TPSA) is 158 Å². The fourth-order valence-corrected chi connectivity index (χ4v) is 9.20. The molecule has 0 radical (unpaired) electrons. The number of phenols is 1. The van der Waals surface area contributed by atoms with E-state index in [9.17, 15) is 39.6 Å². The van der Waals surface area contributed by atoms with Gasteiger partial charge in [-0.05, 0) is 93.2 Å². The molecule has 274 valence electrons. The van der Waals surface area contributed by atoms with Gasteiger partial charge in [-0.3, -0.25) is 19.2 Å². The van der Waals surface area contributed by atoms with Crippen molar-refractivity contribution in [3.63, 3.8) is 0 Å². The molecule has 3 aliphatic rings. The predicted octanol–water partition coefficient (Wildman–Crippen LogP) is 7.24. The number of allylic oxidation sites excluding steroid dienone is 1. The van der Waals surface area contributed by atoms with E-state index in [0.29, 0.717) is 16.9 Å². The van der Waals surface area contributed by atoms with Gasteiger partial charge in [0.25, 0.3) is 0 Å². The number of ketones is 4. The monoisotopic (exact) mass is 700 g/mol. The number of rotatable bonds is 9. The second-order valence-electron chi connectivity index (χ2n) is 17.0. The third-order valence-corrected chi connectivity index (χ3v) is 11.2. The number of ether oxygens (including phenoxy) is 1. The average molecular weight is 701 g/mol. The maximum atomic E-state index is 14.7. The Morgan fingerprint density at radius 3 is 2.14 bits per heavy atom. The summed E-state index contributed by atoms with van der Waals surface area (Å²) in [5.41, 5.74) is -3.59. The van der Waals surface area contributed by atoms with Crippen molar-refractivity contribution in [1.29, 1.82) is 0 Å². The van der Waals surface area contributed by atoms with Crippen molar-refractivity contribution >= 4 is 28.9 Å². The summed E-state index contributed by atoms with van der Waals surface area (Å²) < 4.78 is 5.87. The number of carbonyl (C=O) groups excluding carboxylic acids is 4. The van der Waals surface area contributed by atoms with Gasteiger partial charge in [0.1, 0.15) is 40.0 Å². The SMILES string of the molecule is CC(=O)C1=C(O)[C@]2(O)C(=O)C3=C(O)c4c(O)c(CCC(=O)Cc5ccc(OC(C)(C)C)cc5)cc(C(C)C)c4C[C@]3(C)C[C@]2(C)C(C(C)C)C1=O.